The van der Waals surface area contributed by atoms with E-state index in [2.05, 4.69) is 0 Å². The highest BCUT2D eigenvalue weighted by Gasteiger charge is 2.33. The van der Waals surface area contributed by atoms with Gasteiger partial charge in [-0.1, -0.05) is 0 Å². The molecule has 1 heterocycles. The summed E-state index contributed by atoms with van der Waals surface area (Å²) < 4.78 is 23.0. The molecule has 0 aromatic heterocycles. The number of aliphatic hydroxyl groups excluding tert-OH is 1. The quantitative estimate of drug-likeness (QED) is 0.700. The van der Waals surface area contributed by atoms with Gasteiger partial charge in [-0.15, -0.1) is 0 Å². The standard InChI is InChI=1S/C13H26N2O4S/c1-4-15(12-6-8-20(18,19)10-12)13(17)9-14(3)7-5-11(2)16/h11-12,16H,4-10H2,1-3H3. The fourth-order valence-corrected chi connectivity index (χ4v) is 4.20. The molecule has 0 aliphatic carbocycles. The molecule has 20 heavy (non-hydrogen) atoms. The molecule has 6 nitrogen and oxygen atoms in total. The van der Waals surface area contributed by atoms with Crippen molar-refractivity contribution < 1.29 is 18.3 Å². The number of nitrogens with zero attached hydrogens (tertiary/aromatic N) is 2. The van der Waals surface area contributed by atoms with Crippen LogP contribution >= 0.6 is 0 Å². The zero-order valence-corrected chi connectivity index (χ0v) is 13.4. The van der Waals surface area contributed by atoms with E-state index in [4.69, 9.17) is 0 Å². The first-order valence-corrected chi connectivity index (χ1v) is 8.93. The lowest BCUT2D eigenvalue weighted by Crippen LogP contribution is -2.45. The molecule has 2 atom stereocenters. The highest BCUT2D eigenvalue weighted by molar-refractivity contribution is 7.91. The molecule has 1 N–H and O–H groups in total. The number of carbonyl (C=O) groups is 1. The van der Waals surface area contributed by atoms with Crippen LogP contribution in [-0.2, 0) is 14.6 Å². The maximum atomic E-state index is 12.3. The van der Waals surface area contributed by atoms with Crippen molar-refractivity contribution in [1.82, 2.24) is 9.80 Å². The Kier molecular flexibility index (Phi) is 6.42. The van der Waals surface area contributed by atoms with E-state index in [1.54, 1.807) is 11.8 Å². The summed E-state index contributed by atoms with van der Waals surface area (Å²) in [5.41, 5.74) is 0. The molecule has 1 aliphatic heterocycles. The van der Waals surface area contributed by atoms with Gasteiger partial charge < -0.3 is 10.0 Å². The zero-order valence-electron chi connectivity index (χ0n) is 12.6. The summed E-state index contributed by atoms with van der Waals surface area (Å²) in [6.45, 7) is 5.03. The summed E-state index contributed by atoms with van der Waals surface area (Å²) in [5, 5.41) is 9.23. The van der Waals surface area contributed by atoms with Crippen LogP contribution in [0.15, 0.2) is 0 Å². The first kappa shape index (κ1) is 17.4. The predicted molar refractivity (Wildman–Crippen MR) is 78.2 cm³/mol. The Labute approximate surface area is 121 Å². The summed E-state index contributed by atoms with van der Waals surface area (Å²) in [5.74, 6) is 0.228. The lowest BCUT2D eigenvalue weighted by Gasteiger charge is -2.29. The summed E-state index contributed by atoms with van der Waals surface area (Å²) in [4.78, 5) is 15.8. The molecule has 1 aliphatic rings. The molecule has 0 saturated carbocycles. The van der Waals surface area contributed by atoms with Crippen molar-refractivity contribution in [2.75, 3.05) is 38.2 Å². The number of sulfone groups is 1. The van der Waals surface area contributed by atoms with E-state index in [1.807, 2.05) is 18.9 Å². The molecule has 1 fully saturated rings. The minimum absolute atomic E-state index is 0.0392. The SMILES string of the molecule is CCN(C(=O)CN(C)CCC(C)O)C1CCS(=O)(=O)C1. The van der Waals surface area contributed by atoms with Gasteiger partial charge in [-0.3, -0.25) is 9.69 Å². The third-order valence-electron chi connectivity index (χ3n) is 3.64. The Morgan fingerprint density at radius 2 is 2.10 bits per heavy atom. The van der Waals surface area contributed by atoms with Gasteiger partial charge in [0.15, 0.2) is 9.84 Å². The molecule has 1 rings (SSSR count). The Bertz CT molecular complexity index is 422. The van der Waals surface area contributed by atoms with E-state index in [9.17, 15) is 18.3 Å². The third-order valence-corrected chi connectivity index (χ3v) is 5.39. The second-order valence-corrected chi connectivity index (χ2v) is 7.84. The minimum atomic E-state index is -2.97. The first-order valence-electron chi connectivity index (χ1n) is 7.11. The van der Waals surface area contributed by atoms with E-state index < -0.39 is 9.84 Å². The highest BCUT2D eigenvalue weighted by atomic mass is 32.2. The highest BCUT2D eigenvalue weighted by Crippen LogP contribution is 2.17. The van der Waals surface area contributed by atoms with Gasteiger partial charge in [-0.05, 0) is 33.7 Å². The third kappa shape index (κ3) is 5.38. The molecule has 118 valence electrons. The van der Waals surface area contributed by atoms with Crippen LogP contribution in [0.25, 0.3) is 0 Å². The number of aliphatic hydroxyl groups is 1. The van der Waals surface area contributed by atoms with Crippen LogP contribution in [-0.4, -0.2) is 79.6 Å². The maximum absolute atomic E-state index is 12.3. The minimum Gasteiger partial charge on any atom is -0.393 e. The van der Waals surface area contributed by atoms with Crippen molar-refractivity contribution in [3.63, 3.8) is 0 Å². The molecule has 0 spiro atoms. The zero-order chi connectivity index (χ0) is 15.3. The van der Waals surface area contributed by atoms with E-state index in [-0.39, 0.29) is 36.1 Å². The topological polar surface area (TPSA) is 77.9 Å². The molecule has 1 amide bonds. The number of amides is 1. The largest absolute Gasteiger partial charge is 0.393 e. The van der Waals surface area contributed by atoms with Gasteiger partial charge in [0.25, 0.3) is 0 Å². The fourth-order valence-electron chi connectivity index (χ4n) is 2.47. The van der Waals surface area contributed by atoms with Crippen LogP contribution in [0.4, 0.5) is 0 Å². The molecule has 0 bridgehead atoms. The lowest BCUT2D eigenvalue weighted by atomic mass is 10.2. The monoisotopic (exact) mass is 306 g/mol. The van der Waals surface area contributed by atoms with Crippen LogP contribution in [0.3, 0.4) is 0 Å². The molecule has 0 aromatic carbocycles. The lowest BCUT2D eigenvalue weighted by molar-refractivity contribution is -0.133. The second-order valence-electron chi connectivity index (χ2n) is 5.61. The van der Waals surface area contributed by atoms with Gasteiger partial charge in [0.05, 0.1) is 24.2 Å². The smallest absolute Gasteiger partial charge is 0.237 e. The van der Waals surface area contributed by atoms with Crippen molar-refractivity contribution >= 4 is 15.7 Å². The summed E-state index contributed by atoms with van der Waals surface area (Å²) in [6, 6.07) is -0.178. The van der Waals surface area contributed by atoms with Crippen molar-refractivity contribution in [2.24, 2.45) is 0 Å². The second kappa shape index (κ2) is 7.38. The van der Waals surface area contributed by atoms with Crippen LogP contribution in [0.1, 0.15) is 26.7 Å². The van der Waals surface area contributed by atoms with Gasteiger partial charge >= 0.3 is 0 Å². The molecule has 2 unspecified atom stereocenters. The van der Waals surface area contributed by atoms with Gasteiger partial charge in [-0.2, -0.15) is 0 Å². The summed E-state index contributed by atoms with van der Waals surface area (Å²) >= 11 is 0. The number of hydrogen-bond acceptors (Lipinski definition) is 5. The maximum Gasteiger partial charge on any atom is 0.237 e. The summed E-state index contributed by atoms with van der Waals surface area (Å²) in [7, 11) is -1.14. The average Bonchev–Trinajstić information content (AvgIpc) is 2.68. The van der Waals surface area contributed by atoms with Gasteiger partial charge in [-0.25, -0.2) is 8.42 Å². The van der Waals surface area contributed by atoms with Crippen LogP contribution in [0, 0.1) is 0 Å². The summed E-state index contributed by atoms with van der Waals surface area (Å²) in [6.07, 6.45) is 0.780. The molecule has 0 radical (unpaired) electrons. The van der Waals surface area contributed by atoms with Gasteiger partial charge in [0, 0.05) is 19.1 Å². The molecular formula is C13H26N2O4S. The normalized spacial score (nSPS) is 22.9. The van der Waals surface area contributed by atoms with Gasteiger partial charge in [0.2, 0.25) is 5.91 Å². The molecule has 7 heteroatoms. The van der Waals surface area contributed by atoms with Crippen molar-refractivity contribution in [2.45, 2.75) is 38.8 Å². The molecular weight excluding hydrogens is 280 g/mol. The van der Waals surface area contributed by atoms with Crippen molar-refractivity contribution in [3.8, 4) is 0 Å². The molecule has 0 aromatic rings. The van der Waals surface area contributed by atoms with Gasteiger partial charge in [0.1, 0.15) is 0 Å². The average molecular weight is 306 g/mol. The van der Waals surface area contributed by atoms with Crippen molar-refractivity contribution in [3.05, 3.63) is 0 Å². The van der Waals surface area contributed by atoms with Crippen molar-refractivity contribution in [1.29, 1.82) is 0 Å². The van der Waals surface area contributed by atoms with Crippen LogP contribution < -0.4 is 0 Å². The van der Waals surface area contributed by atoms with E-state index in [0.29, 0.717) is 25.9 Å². The number of rotatable bonds is 7. The Balaban J connectivity index is 2.51. The first-order chi connectivity index (χ1) is 9.25. The van der Waals surface area contributed by atoms with Crippen LogP contribution in [0.2, 0.25) is 0 Å². The fraction of sp³-hybridized carbons (Fsp3) is 0.923. The van der Waals surface area contributed by atoms with E-state index in [1.165, 1.54) is 0 Å². The Morgan fingerprint density at radius 1 is 1.45 bits per heavy atom. The Hall–Kier alpha value is -0.660. The number of carbonyl (C=O) groups excluding carboxylic acids is 1. The molecule has 1 saturated heterocycles. The number of hydrogen-bond donors (Lipinski definition) is 1. The Morgan fingerprint density at radius 3 is 2.55 bits per heavy atom. The predicted octanol–water partition coefficient (Wildman–Crippen LogP) is -0.275. The van der Waals surface area contributed by atoms with E-state index >= 15 is 0 Å². The van der Waals surface area contributed by atoms with E-state index in [0.717, 1.165) is 0 Å². The van der Waals surface area contributed by atoms with Crippen LogP contribution in [0.5, 0.6) is 0 Å². The number of likely N-dealkylation sites (N-methyl/N-ethyl adjacent to an activating group) is 2.